The minimum atomic E-state index is -0.844. The van der Waals surface area contributed by atoms with Gasteiger partial charge in [-0.3, -0.25) is 0 Å². The van der Waals surface area contributed by atoms with Gasteiger partial charge < -0.3 is 9.31 Å². The van der Waals surface area contributed by atoms with Crippen LogP contribution in [-0.4, -0.2) is 18.3 Å². The van der Waals surface area contributed by atoms with Crippen LogP contribution in [0.3, 0.4) is 0 Å². The van der Waals surface area contributed by atoms with Crippen LogP contribution in [0.2, 0.25) is 0 Å². The molecule has 1 saturated heterocycles. The number of halogens is 1. The van der Waals surface area contributed by atoms with Gasteiger partial charge in [-0.2, -0.15) is 0 Å². The summed E-state index contributed by atoms with van der Waals surface area (Å²) in [6.45, 7) is 7.82. The first-order valence-electron chi connectivity index (χ1n) is 8.58. The molecule has 0 unspecified atom stereocenters. The number of benzene rings is 1. The maximum Gasteiger partial charge on any atom is 0.525 e. The van der Waals surface area contributed by atoms with Crippen LogP contribution in [0.4, 0.5) is 4.39 Å². The second kappa shape index (κ2) is 6.06. The predicted molar refractivity (Wildman–Crippen MR) is 91.9 cm³/mol. The van der Waals surface area contributed by atoms with Crippen LogP contribution < -0.4 is 0 Å². The van der Waals surface area contributed by atoms with Crippen molar-refractivity contribution in [1.29, 1.82) is 0 Å². The minimum Gasteiger partial charge on any atom is -0.398 e. The fourth-order valence-corrected chi connectivity index (χ4v) is 3.38. The standard InChI is InChI=1S/C19H26BFO2/c1-18(2)19(3,4)23-20(22-18)17(21)16-12-10-15(11-13-16)14-8-6-5-7-9-14/h5-9,15H,10-13H2,1-4H3. The van der Waals surface area contributed by atoms with E-state index in [1.165, 1.54) is 5.56 Å². The Labute approximate surface area is 139 Å². The highest BCUT2D eigenvalue weighted by Crippen LogP contribution is 2.42. The largest absolute Gasteiger partial charge is 0.525 e. The van der Waals surface area contributed by atoms with Gasteiger partial charge in [-0.25, -0.2) is 4.39 Å². The van der Waals surface area contributed by atoms with Gasteiger partial charge in [-0.15, -0.1) is 0 Å². The van der Waals surface area contributed by atoms with E-state index < -0.39 is 18.3 Å². The maximum absolute atomic E-state index is 14.8. The molecule has 0 aromatic heterocycles. The smallest absolute Gasteiger partial charge is 0.398 e. The van der Waals surface area contributed by atoms with Crippen LogP contribution in [-0.2, 0) is 9.31 Å². The van der Waals surface area contributed by atoms with E-state index in [0.717, 1.165) is 31.3 Å². The molecular formula is C19H26BFO2. The van der Waals surface area contributed by atoms with Crippen LogP contribution in [0.5, 0.6) is 0 Å². The Balaban J connectivity index is 1.68. The lowest BCUT2D eigenvalue weighted by Gasteiger charge is -2.32. The SMILES string of the molecule is CC1(C)OB(C(F)=C2CCC(c3ccccc3)CC2)OC1(C)C. The van der Waals surface area contributed by atoms with Gasteiger partial charge in [0.15, 0.2) is 0 Å². The molecule has 2 aliphatic rings. The molecule has 0 atom stereocenters. The summed E-state index contributed by atoms with van der Waals surface area (Å²) < 4.78 is 26.5. The summed E-state index contributed by atoms with van der Waals surface area (Å²) in [4.78, 5) is 0. The molecule has 3 rings (SSSR count). The van der Waals surface area contributed by atoms with Crippen LogP contribution in [0, 0.1) is 0 Å². The zero-order valence-corrected chi connectivity index (χ0v) is 14.6. The predicted octanol–water partition coefficient (Wildman–Crippen LogP) is 5.20. The van der Waals surface area contributed by atoms with Crippen molar-refractivity contribution in [2.45, 2.75) is 70.5 Å². The average Bonchev–Trinajstić information content (AvgIpc) is 2.76. The summed E-state index contributed by atoms with van der Waals surface area (Å²) in [5, 5.41) is 0. The number of hydrogen-bond donors (Lipinski definition) is 0. The van der Waals surface area contributed by atoms with E-state index in [1.54, 1.807) is 0 Å². The first-order chi connectivity index (χ1) is 10.8. The van der Waals surface area contributed by atoms with E-state index in [0.29, 0.717) is 5.92 Å². The van der Waals surface area contributed by atoms with Crippen molar-refractivity contribution in [2.24, 2.45) is 0 Å². The molecule has 0 bridgehead atoms. The summed E-state index contributed by atoms with van der Waals surface area (Å²) >= 11 is 0. The zero-order valence-electron chi connectivity index (χ0n) is 14.6. The lowest BCUT2D eigenvalue weighted by Crippen LogP contribution is -2.41. The van der Waals surface area contributed by atoms with Gasteiger partial charge in [-0.1, -0.05) is 30.3 Å². The van der Waals surface area contributed by atoms with Crippen LogP contribution in [0.25, 0.3) is 0 Å². The fraction of sp³-hybridized carbons (Fsp3) is 0.579. The number of hydrogen-bond acceptors (Lipinski definition) is 2. The monoisotopic (exact) mass is 316 g/mol. The van der Waals surface area contributed by atoms with Gasteiger partial charge in [0.25, 0.3) is 0 Å². The molecule has 124 valence electrons. The van der Waals surface area contributed by atoms with Gasteiger partial charge >= 0.3 is 7.12 Å². The molecule has 4 heteroatoms. The molecule has 2 fully saturated rings. The van der Waals surface area contributed by atoms with Crippen LogP contribution in [0.15, 0.2) is 41.6 Å². The van der Waals surface area contributed by atoms with Crippen molar-refractivity contribution in [3.05, 3.63) is 47.2 Å². The normalized spacial score (nSPS) is 26.4. The van der Waals surface area contributed by atoms with Crippen molar-refractivity contribution in [3.8, 4) is 0 Å². The summed E-state index contributed by atoms with van der Waals surface area (Å²) in [6.07, 6.45) is 3.56. The summed E-state index contributed by atoms with van der Waals surface area (Å²) in [5.41, 5.74) is 1.06. The fourth-order valence-electron chi connectivity index (χ4n) is 3.38. The maximum atomic E-state index is 14.8. The van der Waals surface area contributed by atoms with Crippen molar-refractivity contribution >= 4 is 7.12 Å². The Hall–Kier alpha value is -1.13. The molecule has 1 aromatic carbocycles. The van der Waals surface area contributed by atoms with Crippen molar-refractivity contribution in [2.75, 3.05) is 0 Å². The number of allylic oxidation sites excluding steroid dienone is 1. The molecule has 1 saturated carbocycles. The Kier molecular flexibility index (Phi) is 4.41. The van der Waals surface area contributed by atoms with Gasteiger partial charge in [0, 0.05) is 0 Å². The second-order valence-corrected chi connectivity index (χ2v) is 7.72. The molecule has 1 aliphatic heterocycles. The van der Waals surface area contributed by atoms with Crippen molar-refractivity contribution < 1.29 is 13.7 Å². The Bertz CT molecular complexity index is 569. The topological polar surface area (TPSA) is 18.5 Å². The third-order valence-corrected chi connectivity index (χ3v) is 5.66. The Morgan fingerprint density at radius 1 is 1.00 bits per heavy atom. The van der Waals surface area contributed by atoms with E-state index in [9.17, 15) is 4.39 Å². The van der Waals surface area contributed by atoms with Gasteiger partial charge in [0.1, 0.15) is 5.73 Å². The van der Waals surface area contributed by atoms with Crippen molar-refractivity contribution in [1.82, 2.24) is 0 Å². The average molecular weight is 316 g/mol. The minimum absolute atomic E-state index is 0.199. The van der Waals surface area contributed by atoms with Gasteiger partial charge in [0.2, 0.25) is 0 Å². The molecule has 23 heavy (non-hydrogen) atoms. The highest BCUT2D eigenvalue weighted by molar-refractivity contribution is 6.53. The zero-order chi connectivity index (χ0) is 16.7. The first-order valence-corrected chi connectivity index (χ1v) is 8.58. The molecule has 0 amide bonds. The van der Waals surface area contributed by atoms with Crippen LogP contribution >= 0.6 is 0 Å². The van der Waals surface area contributed by atoms with Crippen LogP contribution in [0.1, 0.15) is 64.9 Å². The number of rotatable bonds is 2. The van der Waals surface area contributed by atoms with E-state index in [1.807, 2.05) is 33.8 Å². The third-order valence-electron chi connectivity index (χ3n) is 5.66. The summed E-state index contributed by atoms with van der Waals surface area (Å²) in [7, 11) is -0.844. The summed E-state index contributed by atoms with van der Waals surface area (Å²) in [5.74, 6) is 0.533. The molecule has 0 N–H and O–H groups in total. The highest BCUT2D eigenvalue weighted by Gasteiger charge is 2.53. The lowest BCUT2D eigenvalue weighted by atomic mass is 9.76. The molecular weight excluding hydrogens is 290 g/mol. The second-order valence-electron chi connectivity index (χ2n) is 7.72. The molecule has 1 aromatic rings. The lowest BCUT2D eigenvalue weighted by molar-refractivity contribution is 0.00578. The molecule has 2 nitrogen and oxygen atoms in total. The Morgan fingerprint density at radius 3 is 2.04 bits per heavy atom. The Morgan fingerprint density at radius 2 is 1.52 bits per heavy atom. The molecule has 1 aliphatic carbocycles. The van der Waals surface area contributed by atoms with Crippen molar-refractivity contribution in [3.63, 3.8) is 0 Å². The molecule has 0 spiro atoms. The first kappa shape index (κ1) is 16.7. The van der Waals surface area contributed by atoms with E-state index >= 15 is 0 Å². The molecule has 0 radical (unpaired) electrons. The highest BCUT2D eigenvalue weighted by atomic mass is 19.1. The van der Waals surface area contributed by atoms with E-state index in [4.69, 9.17) is 9.31 Å². The van der Waals surface area contributed by atoms with E-state index in [-0.39, 0.29) is 5.73 Å². The third kappa shape index (κ3) is 3.24. The quantitative estimate of drug-likeness (QED) is 0.698. The van der Waals surface area contributed by atoms with E-state index in [2.05, 4.69) is 24.3 Å². The van der Waals surface area contributed by atoms with Gasteiger partial charge in [0.05, 0.1) is 11.2 Å². The molecule has 1 heterocycles. The summed E-state index contributed by atoms with van der Waals surface area (Å²) in [6, 6.07) is 10.5. The van der Waals surface area contributed by atoms with Gasteiger partial charge in [-0.05, 0) is 70.4 Å².